The standard InChI is InChI=1S/C23H32N6O4/c1-14(2)11-16(20(24)30)26-22(32)19-12-15(25-21(31)17-7-5-9-27(17)3)13-29(19)23(33)18-8-6-10-28(18)4/h5-10,14-16,19H,11-13H2,1-4H3,(H2,24,30)(H,25,31)(H,26,32)/t15-,16-,19+/m0/s1. The Hall–Kier alpha value is -3.56. The van der Waals surface area contributed by atoms with E-state index in [2.05, 4.69) is 10.6 Å². The van der Waals surface area contributed by atoms with Crippen molar-refractivity contribution in [1.29, 1.82) is 0 Å². The number of likely N-dealkylation sites (tertiary alicyclic amines) is 1. The highest BCUT2D eigenvalue weighted by Crippen LogP contribution is 2.22. The lowest BCUT2D eigenvalue weighted by atomic mass is 10.0. The molecule has 4 N–H and O–H groups in total. The van der Waals surface area contributed by atoms with Crippen molar-refractivity contribution in [2.45, 2.75) is 44.8 Å². The molecule has 3 atom stereocenters. The number of carbonyl (C=O) groups is 4. The minimum Gasteiger partial charge on any atom is -0.368 e. The second-order valence-electron chi connectivity index (χ2n) is 8.98. The van der Waals surface area contributed by atoms with Crippen LogP contribution in [0.25, 0.3) is 0 Å². The van der Waals surface area contributed by atoms with Gasteiger partial charge in [0.25, 0.3) is 11.8 Å². The molecule has 0 bridgehead atoms. The summed E-state index contributed by atoms with van der Waals surface area (Å²) in [6, 6.07) is 4.79. The fourth-order valence-electron chi connectivity index (χ4n) is 4.19. The van der Waals surface area contributed by atoms with E-state index in [9.17, 15) is 19.2 Å². The number of aryl methyl sites for hydroxylation is 2. The van der Waals surface area contributed by atoms with Crippen molar-refractivity contribution in [2.75, 3.05) is 6.54 Å². The lowest BCUT2D eigenvalue weighted by molar-refractivity contribution is -0.130. The molecule has 3 rings (SSSR count). The van der Waals surface area contributed by atoms with Gasteiger partial charge in [-0.05, 0) is 43.0 Å². The first-order valence-electron chi connectivity index (χ1n) is 11.0. The average Bonchev–Trinajstić information content (AvgIpc) is 3.46. The van der Waals surface area contributed by atoms with Crippen molar-refractivity contribution in [2.24, 2.45) is 25.7 Å². The van der Waals surface area contributed by atoms with Gasteiger partial charge in [-0.2, -0.15) is 0 Å². The van der Waals surface area contributed by atoms with E-state index in [-0.39, 0.29) is 30.7 Å². The molecule has 0 radical (unpaired) electrons. The Labute approximate surface area is 193 Å². The largest absolute Gasteiger partial charge is 0.368 e. The summed E-state index contributed by atoms with van der Waals surface area (Å²) < 4.78 is 3.38. The topological polar surface area (TPSA) is 131 Å². The van der Waals surface area contributed by atoms with Gasteiger partial charge in [0.15, 0.2) is 0 Å². The van der Waals surface area contributed by atoms with Gasteiger partial charge in [0, 0.05) is 39.1 Å². The van der Waals surface area contributed by atoms with Crippen molar-refractivity contribution in [3.8, 4) is 0 Å². The molecule has 0 aromatic carbocycles. The van der Waals surface area contributed by atoms with Crippen molar-refractivity contribution in [3.63, 3.8) is 0 Å². The second-order valence-corrected chi connectivity index (χ2v) is 8.98. The number of hydrogen-bond donors (Lipinski definition) is 3. The molecule has 10 nitrogen and oxygen atoms in total. The molecule has 0 saturated carbocycles. The Morgan fingerprint density at radius 3 is 2.18 bits per heavy atom. The third-order valence-corrected chi connectivity index (χ3v) is 5.91. The van der Waals surface area contributed by atoms with Crippen LogP contribution in [-0.4, -0.2) is 62.3 Å². The first-order chi connectivity index (χ1) is 15.6. The van der Waals surface area contributed by atoms with Crippen LogP contribution >= 0.6 is 0 Å². The highest BCUT2D eigenvalue weighted by atomic mass is 16.2. The zero-order valence-electron chi connectivity index (χ0n) is 19.4. The van der Waals surface area contributed by atoms with Crippen molar-refractivity contribution in [3.05, 3.63) is 48.0 Å². The second kappa shape index (κ2) is 9.93. The SMILES string of the molecule is CC(C)C[C@H](NC(=O)[C@H]1C[C@H](NC(=O)c2cccn2C)CN1C(=O)c1cccn1C)C(N)=O. The van der Waals surface area contributed by atoms with Gasteiger partial charge in [-0.15, -0.1) is 0 Å². The maximum atomic E-state index is 13.3. The van der Waals surface area contributed by atoms with Gasteiger partial charge >= 0.3 is 0 Å². The van der Waals surface area contributed by atoms with Crippen LogP contribution in [0.15, 0.2) is 36.7 Å². The van der Waals surface area contributed by atoms with E-state index in [1.54, 1.807) is 59.9 Å². The number of nitrogens with zero attached hydrogens (tertiary/aromatic N) is 3. The summed E-state index contributed by atoms with van der Waals surface area (Å²) in [4.78, 5) is 52.5. The number of rotatable bonds is 8. The van der Waals surface area contributed by atoms with Crippen LogP contribution in [0.2, 0.25) is 0 Å². The van der Waals surface area contributed by atoms with Gasteiger partial charge in [0.05, 0.1) is 0 Å². The average molecular weight is 457 g/mol. The Morgan fingerprint density at radius 1 is 1.06 bits per heavy atom. The van der Waals surface area contributed by atoms with Crippen LogP contribution in [-0.2, 0) is 23.7 Å². The Kier molecular flexibility index (Phi) is 7.25. The third kappa shape index (κ3) is 5.44. The molecule has 1 saturated heterocycles. The summed E-state index contributed by atoms with van der Waals surface area (Å²) in [5.41, 5.74) is 6.40. The minimum absolute atomic E-state index is 0.143. The highest BCUT2D eigenvalue weighted by molar-refractivity contribution is 5.98. The number of primary amides is 1. The van der Waals surface area contributed by atoms with Gasteiger partial charge in [0.2, 0.25) is 11.8 Å². The van der Waals surface area contributed by atoms with Crippen LogP contribution < -0.4 is 16.4 Å². The molecular weight excluding hydrogens is 424 g/mol. The molecular formula is C23H32N6O4. The lowest BCUT2D eigenvalue weighted by Crippen LogP contribution is -2.52. The van der Waals surface area contributed by atoms with E-state index in [0.29, 0.717) is 17.8 Å². The number of nitrogens with two attached hydrogens (primary N) is 1. The maximum Gasteiger partial charge on any atom is 0.271 e. The summed E-state index contributed by atoms with van der Waals surface area (Å²) in [6.45, 7) is 4.03. The molecule has 2 aromatic heterocycles. The Bertz CT molecular complexity index is 1040. The first-order valence-corrected chi connectivity index (χ1v) is 11.0. The molecule has 10 heteroatoms. The first kappa shape index (κ1) is 24.1. The monoisotopic (exact) mass is 456 g/mol. The lowest BCUT2D eigenvalue weighted by Gasteiger charge is -2.26. The van der Waals surface area contributed by atoms with E-state index in [1.165, 1.54) is 4.90 Å². The normalized spacial score (nSPS) is 18.9. The van der Waals surface area contributed by atoms with Crippen molar-refractivity contribution in [1.82, 2.24) is 24.7 Å². The molecule has 3 heterocycles. The summed E-state index contributed by atoms with van der Waals surface area (Å²) in [5, 5.41) is 5.64. The molecule has 178 valence electrons. The van der Waals surface area contributed by atoms with Gasteiger partial charge in [-0.25, -0.2) is 0 Å². The van der Waals surface area contributed by atoms with Gasteiger partial charge in [-0.3, -0.25) is 19.2 Å². The summed E-state index contributed by atoms with van der Waals surface area (Å²) in [6.07, 6.45) is 4.14. The third-order valence-electron chi connectivity index (χ3n) is 5.91. The highest BCUT2D eigenvalue weighted by Gasteiger charge is 2.42. The smallest absolute Gasteiger partial charge is 0.271 e. The zero-order valence-corrected chi connectivity index (χ0v) is 19.4. The fraction of sp³-hybridized carbons (Fsp3) is 0.478. The molecule has 4 amide bonds. The van der Waals surface area contributed by atoms with E-state index >= 15 is 0 Å². The molecule has 0 unspecified atom stereocenters. The van der Waals surface area contributed by atoms with Crippen LogP contribution in [0.3, 0.4) is 0 Å². The zero-order chi connectivity index (χ0) is 24.3. The quantitative estimate of drug-likeness (QED) is 0.530. The predicted molar refractivity (Wildman–Crippen MR) is 122 cm³/mol. The number of carbonyl (C=O) groups excluding carboxylic acids is 4. The van der Waals surface area contributed by atoms with Crippen molar-refractivity contribution < 1.29 is 19.2 Å². The van der Waals surface area contributed by atoms with Crippen LogP contribution in [0.5, 0.6) is 0 Å². The summed E-state index contributed by atoms with van der Waals surface area (Å²) in [5.74, 6) is -1.54. The van der Waals surface area contributed by atoms with Crippen LogP contribution in [0.1, 0.15) is 47.7 Å². The molecule has 33 heavy (non-hydrogen) atoms. The predicted octanol–water partition coefficient (Wildman–Crippen LogP) is 0.393. The number of amides is 4. The molecule has 1 aliphatic heterocycles. The van der Waals surface area contributed by atoms with E-state index < -0.39 is 29.9 Å². The van der Waals surface area contributed by atoms with Gasteiger partial charge < -0.3 is 30.4 Å². The number of hydrogen-bond acceptors (Lipinski definition) is 4. The van der Waals surface area contributed by atoms with Crippen molar-refractivity contribution >= 4 is 23.6 Å². The Morgan fingerprint density at radius 2 is 1.67 bits per heavy atom. The summed E-state index contributed by atoms with van der Waals surface area (Å²) in [7, 11) is 3.52. The molecule has 0 spiro atoms. The van der Waals surface area contributed by atoms with Gasteiger partial charge in [-0.1, -0.05) is 13.8 Å². The van der Waals surface area contributed by atoms with Crippen LogP contribution in [0, 0.1) is 5.92 Å². The van der Waals surface area contributed by atoms with Gasteiger partial charge in [0.1, 0.15) is 23.5 Å². The van der Waals surface area contributed by atoms with Crippen LogP contribution in [0.4, 0.5) is 0 Å². The minimum atomic E-state index is -0.847. The van der Waals surface area contributed by atoms with E-state index in [1.807, 2.05) is 13.8 Å². The number of aromatic nitrogens is 2. The molecule has 0 aliphatic carbocycles. The molecule has 1 fully saturated rings. The van der Waals surface area contributed by atoms with E-state index in [0.717, 1.165) is 0 Å². The molecule has 2 aromatic rings. The Balaban J connectivity index is 1.81. The maximum absolute atomic E-state index is 13.3. The molecule has 1 aliphatic rings. The number of nitrogens with one attached hydrogen (secondary N) is 2. The fourth-order valence-corrected chi connectivity index (χ4v) is 4.19. The summed E-state index contributed by atoms with van der Waals surface area (Å²) >= 11 is 0. The van der Waals surface area contributed by atoms with E-state index in [4.69, 9.17) is 5.73 Å².